The number of ether oxygens (including phenoxy) is 1. The molecule has 1 aromatic rings. The number of hydrogen-bond acceptors (Lipinski definition) is 4. The van der Waals surface area contributed by atoms with Crippen molar-refractivity contribution in [3.63, 3.8) is 0 Å². The van der Waals surface area contributed by atoms with E-state index >= 15 is 0 Å². The summed E-state index contributed by atoms with van der Waals surface area (Å²) in [7, 11) is 0. The summed E-state index contributed by atoms with van der Waals surface area (Å²) in [6, 6.07) is 6.14. The highest BCUT2D eigenvalue weighted by Crippen LogP contribution is 2.28. The summed E-state index contributed by atoms with van der Waals surface area (Å²) in [6.45, 7) is 2.83. The van der Waals surface area contributed by atoms with Crippen LogP contribution in [0.5, 0.6) is 0 Å². The lowest BCUT2D eigenvalue weighted by Gasteiger charge is -2.22. The van der Waals surface area contributed by atoms with Crippen molar-refractivity contribution in [1.29, 1.82) is 0 Å². The van der Waals surface area contributed by atoms with Crippen molar-refractivity contribution in [2.24, 2.45) is 5.92 Å². The Labute approximate surface area is 118 Å². The van der Waals surface area contributed by atoms with Crippen LogP contribution in [0, 0.1) is 5.92 Å². The second kappa shape index (κ2) is 5.97. The van der Waals surface area contributed by atoms with Gasteiger partial charge in [0.2, 0.25) is 0 Å². The van der Waals surface area contributed by atoms with Crippen molar-refractivity contribution in [3.8, 4) is 0 Å². The quantitative estimate of drug-likeness (QED) is 0.680. The van der Waals surface area contributed by atoms with E-state index in [-0.39, 0.29) is 5.97 Å². The maximum atomic E-state index is 11.6. The van der Waals surface area contributed by atoms with Gasteiger partial charge >= 0.3 is 5.97 Å². The molecule has 0 atom stereocenters. The third-order valence-corrected chi connectivity index (χ3v) is 5.07. The van der Waals surface area contributed by atoms with Crippen LogP contribution in [0.1, 0.15) is 28.8 Å². The smallest absolute Gasteiger partial charge is 0.338 e. The molecule has 0 radical (unpaired) electrons. The summed E-state index contributed by atoms with van der Waals surface area (Å²) >= 11 is 1.92. The Morgan fingerprint density at radius 2 is 2.16 bits per heavy atom. The molecule has 2 heterocycles. The molecule has 0 spiro atoms. The summed E-state index contributed by atoms with van der Waals surface area (Å²) in [5.74, 6) is 1.84. The van der Waals surface area contributed by atoms with Crippen molar-refractivity contribution < 1.29 is 9.53 Å². The second-order valence-electron chi connectivity index (χ2n) is 5.21. The van der Waals surface area contributed by atoms with Gasteiger partial charge in [0.05, 0.1) is 12.2 Å². The number of hydrogen-bond donors (Lipinski definition) is 1. The number of carbonyl (C=O) groups excluding carboxylic acids is 1. The number of cyclic esters (lactones) is 1. The van der Waals surface area contributed by atoms with Gasteiger partial charge < -0.3 is 10.1 Å². The van der Waals surface area contributed by atoms with Gasteiger partial charge in [-0.05, 0) is 55.6 Å². The van der Waals surface area contributed by atoms with Gasteiger partial charge in [0.15, 0.2) is 0 Å². The molecule has 1 N–H and O–H groups in total. The first-order chi connectivity index (χ1) is 9.33. The van der Waals surface area contributed by atoms with Gasteiger partial charge in [0.25, 0.3) is 0 Å². The van der Waals surface area contributed by atoms with Crippen LogP contribution in [-0.4, -0.2) is 31.4 Å². The summed E-state index contributed by atoms with van der Waals surface area (Å²) in [4.78, 5) is 12.9. The first kappa shape index (κ1) is 13.0. The van der Waals surface area contributed by atoms with Gasteiger partial charge in [-0.1, -0.05) is 0 Å². The number of benzene rings is 1. The lowest BCUT2D eigenvalue weighted by Crippen LogP contribution is -2.28. The van der Waals surface area contributed by atoms with Gasteiger partial charge in [-0.25, -0.2) is 4.79 Å². The van der Waals surface area contributed by atoms with Gasteiger partial charge in [0.1, 0.15) is 0 Å². The van der Waals surface area contributed by atoms with Crippen LogP contribution in [0.15, 0.2) is 23.1 Å². The number of thioether (sulfide) groups is 1. The average Bonchev–Trinajstić information content (AvgIpc) is 2.46. The van der Waals surface area contributed by atoms with Crippen molar-refractivity contribution >= 4 is 17.7 Å². The van der Waals surface area contributed by atoms with E-state index in [1.54, 1.807) is 0 Å². The Balaban J connectivity index is 1.63. The van der Waals surface area contributed by atoms with Crippen LogP contribution in [0.3, 0.4) is 0 Å². The molecule has 4 heteroatoms. The molecule has 0 aliphatic carbocycles. The first-order valence-electron chi connectivity index (χ1n) is 6.96. The maximum Gasteiger partial charge on any atom is 0.338 e. The zero-order chi connectivity index (χ0) is 13.1. The number of rotatable bonds is 3. The molecule has 0 unspecified atom stereocenters. The summed E-state index contributed by atoms with van der Waals surface area (Å²) in [5, 5.41) is 3.40. The predicted octanol–water partition coefficient (Wildman–Crippen LogP) is 2.49. The number of esters is 1. The van der Waals surface area contributed by atoms with Crippen LogP contribution in [0.2, 0.25) is 0 Å². The zero-order valence-corrected chi connectivity index (χ0v) is 11.8. The molecule has 0 amide bonds. The monoisotopic (exact) mass is 277 g/mol. The van der Waals surface area contributed by atoms with Crippen LogP contribution in [0.25, 0.3) is 0 Å². The van der Waals surface area contributed by atoms with E-state index in [1.807, 2.05) is 17.8 Å². The highest BCUT2D eigenvalue weighted by atomic mass is 32.2. The molecular formula is C15H19NO2S. The Hall–Kier alpha value is -1.00. The largest absolute Gasteiger partial charge is 0.462 e. The third kappa shape index (κ3) is 3.12. The van der Waals surface area contributed by atoms with Gasteiger partial charge in [-0.15, -0.1) is 11.8 Å². The average molecular weight is 277 g/mol. The Bertz CT molecular complexity index is 469. The number of carbonyl (C=O) groups is 1. The fraction of sp³-hybridized carbons (Fsp3) is 0.533. The van der Waals surface area contributed by atoms with E-state index in [2.05, 4.69) is 17.4 Å². The van der Waals surface area contributed by atoms with E-state index < -0.39 is 0 Å². The van der Waals surface area contributed by atoms with Crippen LogP contribution in [0.4, 0.5) is 0 Å². The minimum Gasteiger partial charge on any atom is -0.462 e. The van der Waals surface area contributed by atoms with Gasteiger partial charge in [-0.2, -0.15) is 0 Å². The molecule has 1 saturated heterocycles. The Kier molecular flexibility index (Phi) is 4.09. The molecule has 3 nitrogen and oxygen atoms in total. The summed E-state index contributed by atoms with van der Waals surface area (Å²) < 4.78 is 5.05. The molecule has 0 saturated carbocycles. The highest BCUT2D eigenvalue weighted by Gasteiger charge is 2.19. The van der Waals surface area contributed by atoms with Crippen molar-refractivity contribution in [1.82, 2.24) is 5.32 Å². The lowest BCUT2D eigenvalue weighted by molar-refractivity contribution is 0.0480. The summed E-state index contributed by atoms with van der Waals surface area (Å²) in [5.41, 5.74) is 1.89. The standard InChI is InChI=1S/C15H19NO2S/c17-15-14-2-1-13(9-12(14)5-8-18-15)19-10-11-3-6-16-7-4-11/h1-2,9,11,16H,3-8,10H2. The van der Waals surface area contributed by atoms with Crippen molar-refractivity contribution in [3.05, 3.63) is 29.3 Å². The maximum absolute atomic E-state index is 11.6. The minimum absolute atomic E-state index is 0.170. The normalized spacial score (nSPS) is 19.9. The SMILES string of the molecule is O=C1OCCc2cc(SCC3CCNCC3)ccc21. The predicted molar refractivity (Wildman–Crippen MR) is 76.7 cm³/mol. The van der Waals surface area contributed by atoms with E-state index in [0.29, 0.717) is 6.61 Å². The second-order valence-corrected chi connectivity index (χ2v) is 6.30. The number of nitrogens with one attached hydrogen (secondary N) is 1. The molecule has 19 heavy (non-hydrogen) atoms. The highest BCUT2D eigenvalue weighted by molar-refractivity contribution is 7.99. The molecule has 0 bridgehead atoms. The molecular weight excluding hydrogens is 258 g/mol. The van der Waals surface area contributed by atoms with Crippen LogP contribution >= 0.6 is 11.8 Å². The van der Waals surface area contributed by atoms with E-state index in [0.717, 1.165) is 36.6 Å². The molecule has 2 aliphatic heterocycles. The van der Waals surface area contributed by atoms with Crippen molar-refractivity contribution in [2.45, 2.75) is 24.2 Å². The van der Waals surface area contributed by atoms with Crippen molar-refractivity contribution in [2.75, 3.05) is 25.4 Å². The fourth-order valence-electron chi connectivity index (χ4n) is 2.66. The fourth-order valence-corrected chi connectivity index (χ4v) is 3.81. The zero-order valence-electron chi connectivity index (χ0n) is 11.0. The van der Waals surface area contributed by atoms with Gasteiger partial charge in [-0.3, -0.25) is 0 Å². The number of fused-ring (bicyclic) bond motifs is 1. The molecule has 3 rings (SSSR count). The lowest BCUT2D eigenvalue weighted by atomic mass is 10.0. The van der Waals surface area contributed by atoms with E-state index in [4.69, 9.17) is 4.74 Å². The molecule has 1 aromatic carbocycles. The minimum atomic E-state index is -0.170. The van der Waals surface area contributed by atoms with Gasteiger partial charge in [0, 0.05) is 17.1 Å². The Morgan fingerprint density at radius 3 is 3.00 bits per heavy atom. The van der Waals surface area contributed by atoms with E-state index in [1.165, 1.54) is 23.5 Å². The van der Waals surface area contributed by atoms with E-state index in [9.17, 15) is 4.79 Å². The van der Waals surface area contributed by atoms with Crippen LogP contribution in [-0.2, 0) is 11.2 Å². The topological polar surface area (TPSA) is 38.3 Å². The molecule has 102 valence electrons. The molecule has 0 aromatic heterocycles. The Morgan fingerprint density at radius 1 is 1.32 bits per heavy atom. The first-order valence-corrected chi connectivity index (χ1v) is 7.95. The molecule has 2 aliphatic rings. The number of piperidine rings is 1. The summed E-state index contributed by atoms with van der Waals surface area (Å²) in [6.07, 6.45) is 3.41. The third-order valence-electron chi connectivity index (χ3n) is 3.85. The van der Waals surface area contributed by atoms with Crippen LogP contribution < -0.4 is 5.32 Å². The molecule has 1 fully saturated rings.